The van der Waals surface area contributed by atoms with Gasteiger partial charge >= 0.3 is 107 Å². The predicted molar refractivity (Wildman–Crippen MR) is 67.1 cm³/mol. The van der Waals surface area contributed by atoms with Gasteiger partial charge in [-0.1, -0.05) is 0 Å². The quantitative estimate of drug-likeness (QED) is 0.471. The van der Waals surface area contributed by atoms with Gasteiger partial charge in [0.25, 0.3) is 0 Å². The van der Waals surface area contributed by atoms with Crippen LogP contribution in [0.2, 0.25) is 0 Å². The third kappa shape index (κ3) is 5.66. The van der Waals surface area contributed by atoms with E-state index in [0.29, 0.717) is 0 Å². The van der Waals surface area contributed by atoms with E-state index >= 15 is 0 Å². The number of alkyl halides is 1. The predicted octanol–water partition coefficient (Wildman–Crippen LogP) is 1.82. The first-order valence-corrected chi connectivity index (χ1v) is 7.10. The molecule has 1 rings (SSSR count). The number of carbonyl (C=O) groups is 1. The summed E-state index contributed by atoms with van der Waals surface area (Å²) in [6.45, 7) is 3.94. The SMILES string of the molecule is CC(C)=CCOC(=O)C(F)[Se]c1ccccc1. The summed E-state index contributed by atoms with van der Waals surface area (Å²) in [5.74, 6) is -0.772. The van der Waals surface area contributed by atoms with Gasteiger partial charge in [0.1, 0.15) is 0 Å². The molecule has 1 aromatic rings. The molecule has 4 heteroatoms. The monoisotopic (exact) mass is 302 g/mol. The summed E-state index contributed by atoms with van der Waals surface area (Å²) in [6, 6.07) is 9.16. The average molecular weight is 301 g/mol. The number of ether oxygens (including phenoxy) is 1. The molecule has 17 heavy (non-hydrogen) atoms. The van der Waals surface area contributed by atoms with Crippen LogP contribution in [0, 0.1) is 0 Å². The molecule has 92 valence electrons. The van der Waals surface area contributed by atoms with E-state index in [1.807, 2.05) is 44.2 Å². The van der Waals surface area contributed by atoms with Crippen LogP contribution in [0.15, 0.2) is 42.0 Å². The molecule has 1 atom stereocenters. The summed E-state index contributed by atoms with van der Waals surface area (Å²) in [5.41, 5.74) is 1.04. The van der Waals surface area contributed by atoms with Crippen molar-refractivity contribution in [2.75, 3.05) is 6.61 Å². The average Bonchev–Trinajstić information content (AvgIpc) is 2.29. The van der Waals surface area contributed by atoms with Crippen molar-refractivity contribution in [2.45, 2.75) is 18.9 Å². The molecular weight excluding hydrogens is 286 g/mol. The van der Waals surface area contributed by atoms with E-state index in [2.05, 4.69) is 0 Å². The summed E-state index contributed by atoms with van der Waals surface area (Å²) in [7, 11) is 0. The first-order valence-electron chi connectivity index (χ1n) is 5.25. The van der Waals surface area contributed by atoms with Gasteiger partial charge in [-0.25, -0.2) is 0 Å². The van der Waals surface area contributed by atoms with Crippen LogP contribution in [0.1, 0.15) is 13.8 Å². The van der Waals surface area contributed by atoms with Crippen LogP contribution < -0.4 is 4.46 Å². The Hall–Kier alpha value is -1.12. The Morgan fingerprint density at radius 3 is 2.65 bits per heavy atom. The number of hydrogen-bond acceptors (Lipinski definition) is 2. The number of esters is 1. The van der Waals surface area contributed by atoms with Crippen molar-refractivity contribution >= 4 is 25.4 Å². The third-order valence-corrected chi connectivity index (χ3v) is 3.87. The second-order valence-electron chi connectivity index (χ2n) is 3.66. The van der Waals surface area contributed by atoms with Crippen molar-refractivity contribution in [3.8, 4) is 0 Å². The Kier molecular flexibility index (Phi) is 5.95. The van der Waals surface area contributed by atoms with E-state index in [4.69, 9.17) is 4.74 Å². The van der Waals surface area contributed by atoms with Gasteiger partial charge in [-0.05, 0) is 0 Å². The molecular formula is C13H15FO2Se. The van der Waals surface area contributed by atoms with E-state index in [0.717, 1.165) is 10.0 Å². The second kappa shape index (κ2) is 7.25. The van der Waals surface area contributed by atoms with Crippen molar-refractivity contribution < 1.29 is 13.9 Å². The Bertz CT molecular complexity index is 386. The third-order valence-electron chi connectivity index (χ3n) is 1.89. The summed E-state index contributed by atoms with van der Waals surface area (Å²) < 4.78 is 19.2. The molecule has 1 unspecified atom stereocenters. The molecule has 0 aliphatic heterocycles. The number of rotatable bonds is 5. The molecule has 0 aliphatic rings. The Balaban J connectivity index is 2.40. The van der Waals surface area contributed by atoms with Gasteiger partial charge in [0.05, 0.1) is 0 Å². The van der Waals surface area contributed by atoms with Gasteiger partial charge in [-0.15, -0.1) is 0 Å². The molecule has 0 amide bonds. The van der Waals surface area contributed by atoms with Crippen LogP contribution >= 0.6 is 0 Å². The molecule has 0 saturated heterocycles. The summed E-state index contributed by atoms with van der Waals surface area (Å²) >= 11 is -0.524. The van der Waals surface area contributed by atoms with Gasteiger partial charge in [-0.3, -0.25) is 0 Å². The zero-order valence-electron chi connectivity index (χ0n) is 9.85. The van der Waals surface area contributed by atoms with E-state index in [1.165, 1.54) is 0 Å². The van der Waals surface area contributed by atoms with Crippen LogP contribution in [0.3, 0.4) is 0 Å². The van der Waals surface area contributed by atoms with Crippen molar-refractivity contribution in [2.24, 2.45) is 0 Å². The number of halogens is 1. The molecule has 2 nitrogen and oxygen atoms in total. The van der Waals surface area contributed by atoms with Crippen molar-refractivity contribution in [3.05, 3.63) is 42.0 Å². The molecule has 0 aromatic heterocycles. The molecule has 0 aliphatic carbocycles. The molecule has 0 radical (unpaired) electrons. The second-order valence-corrected chi connectivity index (χ2v) is 6.01. The van der Waals surface area contributed by atoms with E-state index in [-0.39, 0.29) is 6.61 Å². The molecule has 0 bridgehead atoms. The molecule has 0 saturated carbocycles. The topological polar surface area (TPSA) is 26.3 Å². The van der Waals surface area contributed by atoms with Gasteiger partial charge in [0.2, 0.25) is 0 Å². The molecule has 0 fully saturated rings. The first-order chi connectivity index (χ1) is 8.09. The molecule has 0 N–H and O–H groups in total. The van der Waals surface area contributed by atoms with Crippen LogP contribution in [0.4, 0.5) is 4.39 Å². The van der Waals surface area contributed by atoms with Crippen LogP contribution in [0.25, 0.3) is 0 Å². The zero-order valence-corrected chi connectivity index (χ0v) is 11.6. The van der Waals surface area contributed by atoms with Crippen LogP contribution in [-0.4, -0.2) is 32.6 Å². The minimum absolute atomic E-state index is 0.145. The Morgan fingerprint density at radius 2 is 2.06 bits per heavy atom. The Morgan fingerprint density at radius 1 is 1.41 bits per heavy atom. The standard InChI is InChI=1S/C13H15FO2Se/c1-10(2)8-9-16-13(15)12(14)17-11-6-4-3-5-7-11/h3-8,12H,9H2,1-2H3. The molecule has 1 aromatic carbocycles. The van der Waals surface area contributed by atoms with Gasteiger partial charge < -0.3 is 0 Å². The van der Waals surface area contributed by atoms with Crippen LogP contribution in [0.5, 0.6) is 0 Å². The number of benzene rings is 1. The van der Waals surface area contributed by atoms with Crippen molar-refractivity contribution in [1.82, 2.24) is 0 Å². The number of hydrogen-bond donors (Lipinski definition) is 0. The normalized spacial score (nSPS) is 11.7. The molecule has 0 heterocycles. The van der Waals surface area contributed by atoms with E-state index < -0.39 is 26.0 Å². The summed E-state index contributed by atoms with van der Waals surface area (Å²) in [6.07, 6.45) is 1.75. The van der Waals surface area contributed by atoms with Crippen molar-refractivity contribution in [1.29, 1.82) is 0 Å². The molecule has 0 spiro atoms. The minimum atomic E-state index is -1.53. The maximum atomic E-state index is 13.5. The fourth-order valence-electron chi connectivity index (χ4n) is 1.02. The summed E-state index contributed by atoms with van der Waals surface area (Å²) in [5, 5.41) is -1.53. The maximum absolute atomic E-state index is 13.5. The fraction of sp³-hybridized carbons (Fsp3) is 0.308. The number of carbonyl (C=O) groups excluding carboxylic acids is 1. The van der Waals surface area contributed by atoms with E-state index in [1.54, 1.807) is 6.08 Å². The van der Waals surface area contributed by atoms with E-state index in [9.17, 15) is 9.18 Å². The zero-order chi connectivity index (χ0) is 12.7. The van der Waals surface area contributed by atoms with Crippen molar-refractivity contribution in [3.63, 3.8) is 0 Å². The Labute approximate surface area is 107 Å². The first kappa shape index (κ1) is 13.9. The van der Waals surface area contributed by atoms with Gasteiger partial charge in [-0.2, -0.15) is 0 Å². The fourth-order valence-corrected chi connectivity index (χ4v) is 2.53. The van der Waals surface area contributed by atoms with Gasteiger partial charge in [0, 0.05) is 0 Å². The van der Waals surface area contributed by atoms with Gasteiger partial charge in [0.15, 0.2) is 0 Å². The number of allylic oxidation sites excluding steroid dienone is 1. The summed E-state index contributed by atoms with van der Waals surface area (Å²) in [4.78, 5) is 11.3. The van der Waals surface area contributed by atoms with Crippen LogP contribution in [-0.2, 0) is 9.53 Å².